The lowest BCUT2D eigenvalue weighted by Gasteiger charge is -2.25. The molecule has 0 unspecified atom stereocenters. The van der Waals surface area contributed by atoms with Crippen LogP contribution >= 0.6 is 0 Å². The second-order valence-corrected chi connectivity index (χ2v) is 7.71. The molecule has 0 spiro atoms. The first kappa shape index (κ1) is 19.7. The largest absolute Gasteiger partial charge is 0.337 e. The molecule has 2 aromatic carbocycles. The Kier molecular flexibility index (Phi) is 6.14. The van der Waals surface area contributed by atoms with Gasteiger partial charge in [0.15, 0.2) is 0 Å². The van der Waals surface area contributed by atoms with E-state index in [0.717, 1.165) is 17.9 Å². The molecule has 1 aromatic heterocycles. The molecule has 3 rings (SSSR count). The summed E-state index contributed by atoms with van der Waals surface area (Å²) in [5, 5.41) is 5.94. The fourth-order valence-corrected chi connectivity index (χ4v) is 3.14. The Morgan fingerprint density at radius 2 is 1.79 bits per heavy atom. The van der Waals surface area contributed by atoms with E-state index in [2.05, 4.69) is 58.3 Å². The van der Waals surface area contributed by atoms with Gasteiger partial charge in [0.1, 0.15) is 5.82 Å². The van der Waals surface area contributed by atoms with Crippen molar-refractivity contribution in [1.29, 1.82) is 0 Å². The monoisotopic (exact) mass is 376 g/mol. The van der Waals surface area contributed by atoms with E-state index in [1.807, 2.05) is 49.6 Å². The van der Waals surface area contributed by atoms with Gasteiger partial charge in [0.25, 0.3) is 0 Å². The van der Waals surface area contributed by atoms with Gasteiger partial charge in [-0.05, 0) is 23.6 Å². The van der Waals surface area contributed by atoms with Crippen molar-refractivity contribution in [3.63, 3.8) is 0 Å². The van der Waals surface area contributed by atoms with E-state index < -0.39 is 0 Å². The third kappa shape index (κ3) is 5.22. The van der Waals surface area contributed by atoms with Crippen molar-refractivity contribution in [1.82, 2.24) is 20.2 Å². The van der Waals surface area contributed by atoms with Gasteiger partial charge < -0.3 is 15.2 Å². The smallest absolute Gasteiger partial charge is 0.315 e. The predicted octanol–water partition coefficient (Wildman–Crippen LogP) is 4.02. The molecule has 0 aliphatic rings. The summed E-state index contributed by atoms with van der Waals surface area (Å²) in [4.78, 5) is 16.5. The van der Waals surface area contributed by atoms with Crippen LogP contribution in [0.25, 0.3) is 0 Å². The first-order valence-corrected chi connectivity index (χ1v) is 9.57. The van der Waals surface area contributed by atoms with Crippen molar-refractivity contribution in [3.8, 4) is 0 Å². The van der Waals surface area contributed by atoms with Crippen LogP contribution in [0.3, 0.4) is 0 Å². The Morgan fingerprint density at radius 1 is 1.04 bits per heavy atom. The van der Waals surface area contributed by atoms with Gasteiger partial charge in [-0.2, -0.15) is 0 Å². The fraction of sp³-hybridized carbons (Fsp3) is 0.304. The number of nitrogens with zero attached hydrogens (tertiary/aromatic N) is 2. The fourth-order valence-electron chi connectivity index (χ4n) is 3.14. The van der Waals surface area contributed by atoms with Crippen LogP contribution in [0.15, 0.2) is 67.0 Å². The standard InChI is InChI=1S/C23H28N4O/c1-18-24-12-13-27(18)16-20-9-7-8-19(14-20)15-25-22(28)26-17-23(2,3)21-10-5-4-6-11-21/h4-14H,15-17H2,1-3H3,(H2,25,26,28). The van der Waals surface area contributed by atoms with Crippen molar-refractivity contribution < 1.29 is 4.79 Å². The maximum Gasteiger partial charge on any atom is 0.315 e. The molecular formula is C23H28N4O. The summed E-state index contributed by atoms with van der Waals surface area (Å²) < 4.78 is 2.10. The molecule has 0 radical (unpaired) electrons. The van der Waals surface area contributed by atoms with Crippen molar-refractivity contribution >= 4 is 6.03 Å². The maximum absolute atomic E-state index is 12.2. The van der Waals surface area contributed by atoms with E-state index in [9.17, 15) is 4.79 Å². The van der Waals surface area contributed by atoms with E-state index in [1.165, 1.54) is 11.1 Å². The lowest BCUT2D eigenvalue weighted by atomic mass is 9.85. The number of imidazole rings is 1. The number of amides is 2. The Bertz CT molecular complexity index is 915. The first-order chi connectivity index (χ1) is 13.4. The number of urea groups is 1. The van der Waals surface area contributed by atoms with Crippen LogP contribution in [0.4, 0.5) is 4.79 Å². The number of hydrogen-bond donors (Lipinski definition) is 2. The molecule has 2 amide bonds. The number of nitrogens with one attached hydrogen (secondary N) is 2. The molecule has 5 nitrogen and oxygen atoms in total. The normalized spacial score (nSPS) is 11.2. The van der Waals surface area contributed by atoms with E-state index in [-0.39, 0.29) is 11.4 Å². The molecule has 5 heteroatoms. The van der Waals surface area contributed by atoms with Gasteiger partial charge >= 0.3 is 6.03 Å². The molecule has 28 heavy (non-hydrogen) atoms. The summed E-state index contributed by atoms with van der Waals surface area (Å²) >= 11 is 0. The SMILES string of the molecule is Cc1nccn1Cc1cccc(CNC(=O)NCC(C)(C)c2ccccc2)c1. The quantitative estimate of drug-likeness (QED) is 0.654. The Balaban J connectivity index is 1.51. The summed E-state index contributed by atoms with van der Waals surface area (Å²) in [6.45, 7) is 8.09. The van der Waals surface area contributed by atoms with Crippen molar-refractivity contribution in [2.45, 2.75) is 39.3 Å². The molecule has 1 heterocycles. The van der Waals surface area contributed by atoms with Crippen LogP contribution in [0.2, 0.25) is 0 Å². The molecule has 0 saturated heterocycles. The summed E-state index contributed by atoms with van der Waals surface area (Å²) in [7, 11) is 0. The maximum atomic E-state index is 12.2. The van der Waals surface area contributed by atoms with E-state index in [1.54, 1.807) is 0 Å². The molecular weight excluding hydrogens is 348 g/mol. The Labute approximate surface area is 166 Å². The molecule has 0 saturated carbocycles. The molecule has 0 bridgehead atoms. The van der Waals surface area contributed by atoms with Crippen LogP contribution in [0.5, 0.6) is 0 Å². The zero-order valence-electron chi connectivity index (χ0n) is 16.8. The van der Waals surface area contributed by atoms with Crippen LogP contribution in [0.1, 0.15) is 36.4 Å². The zero-order valence-corrected chi connectivity index (χ0v) is 16.8. The molecule has 3 aromatic rings. The molecule has 0 atom stereocenters. The van der Waals surface area contributed by atoms with Crippen LogP contribution in [-0.2, 0) is 18.5 Å². The Morgan fingerprint density at radius 3 is 2.50 bits per heavy atom. The number of aryl methyl sites for hydroxylation is 1. The third-order valence-corrected chi connectivity index (χ3v) is 4.97. The summed E-state index contributed by atoms with van der Waals surface area (Å²) in [6, 6.07) is 18.3. The van der Waals surface area contributed by atoms with Crippen LogP contribution in [-0.4, -0.2) is 22.1 Å². The summed E-state index contributed by atoms with van der Waals surface area (Å²) in [6.07, 6.45) is 3.78. The summed E-state index contributed by atoms with van der Waals surface area (Å²) in [5.74, 6) is 0.990. The summed E-state index contributed by atoms with van der Waals surface area (Å²) in [5.41, 5.74) is 3.35. The number of benzene rings is 2. The number of carbonyl (C=O) groups is 1. The molecule has 2 N–H and O–H groups in total. The number of aromatic nitrogens is 2. The first-order valence-electron chi connectivity index (χ1n) is 9.57. The number of rotatable bonds is 7. The highest BCUT2D eigenvalue weighted by Gasteiger charge is 2.20. The van der Waals surface area contributed by atoms with Crippen molar-refractivity contribution in [2.24, 2.45) is 0 Å². The minimum Gasteiger partial charge on any atom is -0.337 e. The average Bonchev–Trinajstić information content (AvgIpc) is 3.10. The highest BCUT2D eigenvalue weighted by Crippen LogP contribution is 2.21. The van der Waals surface area contributed by atoms with Gasteiger partial charge in [0.2, 0.25) is 0 Å². The van der Waals surface area contributed by atoms with Gasteiger partial charge in [-0.15, -0.1) is 0 Å². The number of carbonyl (C=O) groups excluding carboxylic acids is 1. The Hall–Kier alpha value is -3.08. The lowest BCUT2D eigenvalue weighted by molar-refractivity contribution is 0.238. The predicted molar refractivity (Wildman–Crippen MR) is 112 cm³/mol. The minimum atomic E-state index is -0.153. The lowest BCUT2D eigenvalue weighted by Crippen LogP contribution is -2.42. The molecule has 0 aliphatic carbocycles. The van der Waals surface area contributed by atoms with Crippen molar-refractivity contribution in [2.75, 3.05) is 6.54 Å². The van der Waals surface area contributed by atoms with Gasteiger partial charge in [-0.3, -0.25) is 0 Å². The van der Waals surface area contributed by atoms with Gasteiger partial charge in [-0.25, -0.2) is 9.78 Å². The average molecular weight is 377 g/mol. The van der Waals surface area contributed by atoms with E-state index in [0.29, 0.717) is 13.1 Å². The van der Waals surface area contributed by atoms with E-state index in [4.69, 9.17) is 0 Å². The minimum absolute atomic E-state index is 0.124. The van der Waals surface area contributed by atoms with Gasteiger partial charge in [0.05, 0.1) is 0 Å². The number of hydrogen-bond acceptors (Lipinski definition) is 2. The van der Waals surface area contributed by atoms with Crippen LogP contribution in [0, 0.1) is 6.92 Å². The topological polar surface area (TPSA) is 59.0 Å². The molecule has 146 valence electrons. The second-order valence-electron chi connectivity index (χ2n) is 7.71. The second kappa shape index (κ2) is 8.74. The third-order valence-electron chi connectivity index (χ3n) is 4.97. The highest BCUT2D eigenvalue weighted by atomic mass is 16.2. The van der Waals surface area contributed by atoms with Crippen LogP contribution < -0.4 is 10.6 Å². The van der Waals surface area contributed by atoms with Gasteiger partial charge in [-0.1, -0.05) is 68.4 Å². The molecule has 0 aliphatic heterocycles. The molecule has 0 fully saturated rings. The van der Waals surface area contributed by atoms with Crippen molar-refractivity contribution in [3.05, 3.63) is 89.5 Å². The zero-order chi connectivity index (χ0) is 20.0. The highest BCUT2D eigenvalue weighted by molar-refractivity contribution is 5.74. The van der Waals surface area contributed by atoms with E-state index >= 15 is 0 Å². The van der Waals surface area contributed by atoms with Gasteiger partial charge in [0, 0.05) is 37.4 Å².